The summed E-state index contributed by atoms with van der Waals surface area (Å²) in [6, 6.07) is 3.45. The number of benzene rings is 1. The highest BCUT2D eigenvalue weighted by Crippen LogP contribution is 2.35. The summed E-state index contributed by atoms with van der Waals surface area (Å²) in [4.78, 5) is 22.8. The first-order valence-electron chi connectivity index (χ1n) is 5.35. The predicted molar refractivity (Wildman–Crippen MR) is 80.1 cm³/mol. The zero-order valence-electron chi connectivity index (χ0n) is 10.2. The standard InChI is InChI=1S/C12H11BrN2O3S/c1-14-12(17)11-6-3-7(13)8(15(2)19)4-9(6)18-10(11)5-16/h3-5,19H,1-2H3,(H,14,17). The number of aldehydes is 1. The van der Waals surface area contributed by atoms with Gasteiger partial charge >= 0.3 is 0 Å². The summed E-state index contributed by atoms with van der Waals surface area (Å²) in [5.74, 6) is -0.347. The zero-order chi connectivity index (χ0) is 14.2. The van der Waals surface area contributed by atoms with Gasteiger partial charge in [0.15, 0.2) is 12.0 Å². The van der Waals surface area contributed by atoms with E-state index in [1.807, 2.05) is 0 Å². The van der Waals surface area contributed by atoms with Crippen molar-refractivity contribution in [3.63, 3.8) is 0 Å². The Balaban J connectivity index is 2.78. The van der Waals surface area contributed by atoms with Gasteiger partial charge in [-0.05, 0) is 22.0 Å². The topological polar surface area (TPSA) is 62.6 Å². The van der Waals surface area contributed by atoms with Crippen molar-refractivity contribution in [1.82, 2.24) is 5.32 Å². The third-order valence-electron chi connectivity index (χ3n) is 2.69. The number of anilines is 1. The van der Waals surface area contributed by atoms with Crippen molar-refractivity contribution in [2.24, 2.45) is 0 Å². The van der Waals surface area contributed by atoms with Crippen LogP contribution in [0.2, 0.25) is 0 Å². The molecule has 1 aromatic carbocycles. The van der Waals surface area contributed by atoms with E-state index in [0.29, 0.717) is 17.3 Å². The van der Waals surface area contributed by atoms with Crippen molar-refractivity contribution in [2.75, 3.05) is 18.4 Å². The van der Waals surface area contributed by atoms with Gasteiger partial charge < -0.3 is 14.0 Å². The van der Waals surface area contributed by atoms with Gasteiger partial charge in [0.25, 0.3) is 5.91 Å². The summed E-state index contributed by atoms with van der Waals surface area (Å²) in [5, 5.41) is 3.07. The van der Waals surface area contributed by atoms with E-state index in [2.05, 4.69) is 34.1 Å². The quantitative estimate of drug-likeness (QED) is 0.664. The number of carbonyl (C=O) groups is 2. The molecule has 1 N–H and O–H groups in total. The number of rotatable bonds is 3. The molecule has 0 spiro atoms. The van der Waals surface area contributed by atoms with E-state index in [1.54, 1.807) is 23.5 Å². The number of fused-ring (bicyclic) bond motifs is 1. The molecule has 1 amide bonds. The summed E-state index contributed by atoms with van der Waals surface area (Å²) < 4.78 is 7.76. The second kappa shape index (κ2) is 5.26. The molecule has 0 bridgehead atoms. The molecule has 1 aromatic heterocycles. The van der Waals surface area contributed by atoms with Gasteiger partial charge in [0.05, 0.1) is 11.3 Å². The van der Waals surface area contributed by atoms with Gasteiger partial charge in [-0.15, -0.1) is 0 Å². The van der Waals surface area contributed by atoms with Crippen LogP contribution in [0, 0.1) is 0 Å². The third kappa shape index (κ3) is 2.35. The van der Waals surface area contributed by atoms with Gasteiger partial charge in [-0.3, -0.25) is 9.59 Å². The molecule has 5 nitrogen and oxygen atoms in total. The number of hydrogen-bond acceptors (Lipinski definition) is 5. The van der Waals surface area contributed by atoms with E-state index >= 15 is 0 Å². The number of hydrogen-bond donors (Lipinski definition) is 2. The number of nitrogens with one attached hydrogen (secondary N) is 1. The molecule has 2 aromatic rings. The highest BCUT2D eigenvalue weighted by molar-refractivity contribution is 9.10. The van der Waals surface area contributed by atoms with Gasteiger partial charge in [-0.2, -0.15) is 0 Å². The van der Waals surface area contributed by atoms with Crippen LogP contribution in [-0.4, -0.2) is 26.3 Å². The summed E-state index contributed by atoms with van der Waals surface area (Å²) in [6.07, 6.45) is 0.530. The van der Waals surface area contributed by atoms with Gasteiger partial charge in [0, 0.05) is 30.0 Å². The van der Waals surface area contributed by atoms with E-state index in [-0.39, 0.29) is 17.2 Å². The van der Waals surface area contributed by atoms with Crippen LogP contribution in [0.15, 0.2) is 21.0 Å². The normalized spacial score (nSPS) is 10.5. The van der Waals surface area contributed by atoms with Crippen LogP contribution in [-0.2, 0) is 0 Å². The number of nitrogens with zero attached hydrogens (tertiary/aromatic N) is 1. The van der Waals surface area contributed by atoms with Crippen LogP contribution in [0.3, 0.4) is 0 Å². The van der Waals surface area contributed by atoms with E-state index in [4.69, 9.17) is 4.42 Å². The van der Waals surface area contributed by atoms with E-state index < -0.39 is 0 Å². The molecular formula is C12H11BrN2O3S. The van der Waals surface area contributed by atoms with Gasteiger partial charge in [-0.1, -0.05) is 12.8 Å². The molecule has 0 fully saturated rings. The van der Waals surface area contributed by atoms with Crippen molar-refractivity contribution in [3.05, 3.63) is 27.9 Å². The molecule has 0 unspecified atom stereocenters. The average Bonchev–Trinajstić information content (AvgIpc) is 2.74. The molecule has 0 aliphatic carbocycles. The van der Waals surface area contributed by atoms with Crippen molar-refractivity contribution in [2.45, 2.75) is 0 Å². The minimum Gasteiger partial charge on any atom is -0.452 e. The Morgan fingerprint density at radius 3 is 2.74 bits per heavy atom. The predicted octanol–water partition coefficient (Wildman–Crippen LogP) is 2.65. The van der Waals surface area contributed by atoms with E-state index in [0.717, 1.165) is 10.2 Å². The first-order chi connectivity index (χ1) is 8.99. The van der Waals surface area contributed by atoms with Crippen molar-refractivity contribution in [1.29, 1.82) is 0 Å². The van der Waals surface area contributed by atoms with Crippen LogP contribution >= 0.6 is 28.7 Å². The molecule has 0 radical (unpaired) electrons. The number of carbonyl (C=O) groups excluding carboxylic acids is 2. The molecule has 19 heavy (non-hydrogen) atoms. The van der Waals surface area contributed by atoms with Gasteiger partial charge in [0.2, 0.25) is 0 Å². The molecule has 0 aliphatic rings. The Morgan fingerprint density at radius 1 is 1.53 bits per heavy atom. The molecule has 0 saturated carbocycles. The molecular weight excluding hydrogens is 332 g/mol. The maximum Gasteiger partial charge on any atom is 0.255 e. The molecule has 0 aliphatic heterocycles. The molecule has 7 heteroatoms. The fraction of sp³-hybridized carbons (Fsp3) is 0.167. The largest absolute Gasteiger partial charge is 0.452 e. The maximum absolute atomic E-state index is 11.8. The van der Waals surface area contributed by atoms with E-state index in [1.165, 1.54) is 7.05 Å². The first-order valence-corrected chi connectivity index (χ1v) is 6.54. The Kier molecular flexibility index (Phi) is 3.86. The van der Waals surface area contributed by atoms with Crippen LogP contribution in [0.5, 0.6) is 0 Å². The number of furan rings is 1. The first kappa shape index (κ1) is 14.0. The van der Waals surface area contributed by atoms with Gasteiger partial charge in [-0.25, -0.2) is 0 Å². The summed E-state index contributed by atoms with van der Waals surface area (Å²) >= 11 is 7.61. The minimum atomic E-state index is -0.361. The lowest BCUT2D eigenvalue weighted by molar-refractivity contribution is 0.0955. The minimum absolute atomic E-state index is 0.0141. The van der Waals surface area contributed by atoms with Crippen LogP contribution < -0.4 is 9.62 Å². The molecule has 0 atom stereocenters. The zero-order valence-corrected chi connectivity index (χ0v) is 12.7. The third-order valence-corrected chi connectivity index (χ3v) is 3.55. The van der Waals surface area contributed by atoms with Gasteiger partial charge in [0.1, 0.15) is 5.58 Å². The fourth-order valence-corrected chi connectivity index (χ4v) is 2.73. The number of thiol groups is 1. The molecule has 0 saturated heterocycles. The van der Waals surface area contributed by atoms with Crippen LogP contribution in [0.1, 0.15) is 20.9 Å². The maximum atomic E-state index is 11.8. The lowest BCUT2D eigenvalue weighted by atomic mass is 10.1. The highest BCUT2D eigenvalue weighted by atomic mass is 79.9. The SMILES string of the molecule is CNC(=O)c1c(C=O)oc2cc(N(C)S)c(Br)cc12. The van der Waals surface area contributed by atoms with E-state index in [9.17, 15) is 9.59 Å². The van der Waals surface area contributed by atoms with Crippen molar-refractivity contribution in [3.8, 4) is 0 Å². The number of halogens is 1. The fourth-order valence-electron chi connectivity index (χ4n) is 1.81. The second-order valence-corrected chi connectivity index (χ2v) is 5.32. The lowest BCUT2D eigenvalue weighted by Gasteiger charge is -2.12. The smallest absolute Gasteiger partial charge is 0.255 e. The summed E-state index contributed by atoms with van der Waals surface area (Å²) in [6.45, 7) is 0. The monoisotopic (exact) mass is 342 g/mol. The Morgan fingerprint density at radius 2 is 2.21 bits per heavy atom. The Hall–Kier alpha value is -1.47. The highest BCUT2D eigenvalue weighted by Gasteiger charge is 2.21. The van der Waals surface area contributed by atoms with Crippen LogP contribution in [0.25, 0.3) is 11.0 Å². The Bertz CT molecular complexity index is 667. The summed E-state index contributed by atoms with van der Waals surface area (Å²) in [7, 11) is 3.26. The average molecular weight is 343 g/mol. The molecule has 2 rings (SSSR count). The van der Waals surface area contributed by atoms with Crippen LogP contribution in [0.4, 0.5) is 5.69 Å². The van der Waals surface area contributed by atoms with Crippen molar-refractivity contribution < 1.29 is 14.0 Å². The summed E-state index contributed by atoms with van der Waals surface area (Å²) in [5.41, 5.74) is 1.46. The molecule has 1 heterocycles. The van der Waals surface area contributed by atoms with Crippen molar-refractivity contribution >= 4 is 57.6 Å². The lowest BCUT2D eigenvalue weighted by Crippen LogP contribution is -2.18. The molecule has 100 valence electrons. The number of amides is 1. The Labute approximate surface area is 123 Å². The second-order valence-electron chi connectivity index (χ2n) is 3.86.